The van der Waals surface area contributed by atoms with Gasteiger partial charge >= 0.3 is 17.9 Å². The van der Waals surface area contributed by atoms with Crippen LogP contribution in [0.4, 0.5) is 0 Å². The van der Waals surface area contributed by atoms with E-state index in [1.54, 1.807) is 62.3 Å². The van der Waals surface area contributed by atoms with Crippen LogP contribution in [-0.2, 0) is 14.4 Å². The van der Waals surface area contributed by atoms with Crippen molar-refractivity contribution in [3.05, 3.63) is 0 Å². The minimum Gasteiger partial charge on any atom is -0.481 e. The second kappa shape index (κ2) is 11.3. The molecule has 0 rings (SSSR count). The fraction of sp³-hybridized carbons (Fsp3) is 0.800. The summed E-state index contributed by atoms with van der Waals surface area (Å²) in [5, 5.41) is 24.8. The number of hydrogen-bond acceptors (Lipinski definition) is 3. The Kier molecular flexibility index (Phi) is 15.2. The van der Waals surface area contributed by atoms with Crippen molar-refractivity contribution in [1.29, 1.82) is 0 Å². The molecule has 0 aliphatic carbocycles. The van der Waals surface area contributed by atoms with Crippen LogP contribution in [0.25, 0.3) is 0 Å². The largest absolute Gasteiger partial charge is 0.481 e. The first-order chi connectivity index (χ1) is 8.83. The Hall–Kier alpha value is -0.304. The van der Waals surface area contributed by atoms with E-state index < -0.39 is 34.2 Å². The van der Waals surface area contributed by atoms with E-state index in [4.69, 9.17) is 15.3 Å². The zero-order valence-electron chi connectivity index (χ0n) is 14.9. The van der Waals surface area contributed by atoms with E-state index >= 15 is 0 Å². The van der Waals surface area contributed by atoms with Gasteiger partial charge in [-0.3, -0.25) is 14.4 Å². The molecule has 0 amide bonds. The molecule has 3 N–H and O–H groups in total. The summed E-state index contributed by atoms with van der Waals surface area (Å²) < 4.78 is 0. The molecule has 0 spiro atoms. The smallest absolute Gasteiger partial charge is 0.308 e. The minimum atomic E-state index is -0.757. The number of carboxylic acid groups (broad SMARTS) is 3. The quantitative estimate of drug-likeness (QED) is 0.506. The molecule has 0 aliphatic rings. The number of aliphatic carboxylic acids is 3. The standard InChI is InChI=1S/3C5H10O2.Tb/c3*1-5(2,3)4(6)7;/h3*1-3H3,(H,6,7);. The van der Waals surface area contributed by atoms with Gasteiger partial charge in [-0.15, -0.1) is 0 Å². The summed E-state index contributed by atoms with van der Waals surface area (Å²) in [6, 6.07) is 0. The van der Waals surface area contributed by atoms with Crippen LogP contribution in [0.15, 0.2) is 0 Å². The third-order valence-corrected chi connectivity index (χ3v) is 1.92. The van der Waals surface area contributed by atoms with Crippen molar-refractivity contribution in [3.8, 4) is 0 Å². The molecule has 0 aliphatic heterocycles. The van der Waals surface area contributed by atoms with Gasteiger partial charge in [0.15, 0.2) is 0 Å². The minimum absolute atomic E-state index is 0. The van der Waals surface area contributed by atoms with Gasteiger partial charge in [-0.2, -0.15) is 0 Å². The van der Waals surface area contributed by atoms with Crippen molar-refractivity contribution in [2.24, 2.45) is 16.2 Å². The van der Waals surface area contributed by atoms with Crippen molar-refractivity contribution in [1.82, 2.24) is 0 Å². The van der Waals surface area contributed by atoms with Crippen LogP contribution in [0.5, 0.6) is 0 Å². The summed E-state index contributed by atoms with van der Waals surface area (Å²) in [4.78, 5) is 30.1. The van der Waals surface area contributed by atoms with Gasteiger partial charge in [0.05, 0.1) is 16.2 Å². The van der Waals surface area contributed by atoms with Crippen LogP contribution in [0.3, 0.4) is 0 Å². The van der Waals surface area contributed by atoms with Crippen LogP contribution >= 0.6 is 0 Å². The van der Waals surface area contributed by atoms with E-state index in [1.807, 2.05) is 0 Å². The molecule has 0 aromatic heterocycles. The van der Waals surface area contributed by atoms with Gasteiger partial charge in [-0.05, 0) is 62.3 Å². The van der Waals surface area contributed by atoms with Crippen LogP contribution in [0, 0.1) is 54.9 Å². The molecule has 6 nitrogen and oxygen atoms in total. The van der Waals surface area contributed by atoms with E-state index in [0.29, 0.717) is 0 Å². The molecule has 22 heavy (non-hydrogen) atoms. The Morgan fingerprint density at radius 2 is 0.545 bits per heavy atom. The average Bonchev–Trinajstić information content (AvgIpc) is 2.14. The van der Waals surface area contributed by atoms with E-state index in [-0.39, 0.29) is 38.6 Å². The summed E-state index contributed by atoms with van der Waals surface area (Å²) in [5.74, 6) is -2.27. The van der Waals surface area contributed by atoms with Crippen LogP contribution in [0.1, 0.15) is 62.3 Å². The first kappa shape index (κ1) is 29.7. The summed E-state index contributed by atoms with van der Waals surface area (Å²) in [5.41, 5.74) is -1.75. The van der Waals surface area contributed by atoms with Gasteiger partial charge in [-0.25, -0.2) is 0 Å². The van der Waals surface area contributed by atoms with Gasteiger partial charge in [0.1, 0.15) is 0 Å². The normalized spacial score (nSPS) is 10.8. The Morgan fingerprint density at radius 3 is 0.545 bits per heavy atom. The molecule has 0 unspecified atom stereocenters. The van der Waals surface area contributed by atoms with Gasteiger partial charge < -0.3 is 15.3 Å². The van der Waals surface area contributed by atoms with Crippen molar-refractivity contribution in [2.45, 2.75) is 62.3 Å². The molecular formula is C15H30O6Tb. The maximum Gasteiger partial charge on any atom is 0.308 e. The summed E-state index contributed by atoms with van der Waals surface area (Å²) in [6.07, 6.45) is 0. The third kappa shape index (κ3) is 22.0. The molecule has 0 heterocycles. The van der Waals surface area contributed by atoms with Crippen molar-refractivity contribution in [2.75, 3.05) is 0 Å². The maximum absolute atomic E-state index is 10.0. The number of carbonyl (C=O) groups is 3. The monoisotopic (exact) mass is 465 g/mol. The molecule has 0 bridgehead atoms. The summed E-state index contributed by atoms with van der Waals surface area (Å²) in [7, 11) is 0. The Balaban J connectivity index is -0.000000108. The van der Waals surface area contributed by atoms with Gasteiger partial charge in [-0.1, -0.05) is 0 Å². The topological polar surface area (TPSA) is 112 Å². The van der Waals surface area contributed by atoms with E-state index in [2.05, 4.69) is 0 Å². The summed E-state index contributed by atoms with van der Waals surface area (Å²) in [6.45, 7) is 15.0. The van der Waals surface area contributed by atoms with Crippen molar-refractivity contribution >= 4 is 17.9 Å². The zero-order chi connectivity index (χ0) is 18.2. The zero-order valence-corrected chi connectivity index (χ0v) is 17.0. The van der Waals surface area contributed by atoms with Gasteiger partial charge in [0, 0.05) is 38.6 Å². The molecule has 0 saturated heterocycles. The maximum atomic E-state index is 10.0. The average molecular weight is 465 g/mol. The molecule has 0 saturated carbocycles. The number of hydrogen-bond donors (Lipinski definition) is 3. The Labute approximate surface area is 164 Å². The summed E-state index contributed by atoms with van der Waals surface area (Å²) >= 11 is 0. The SMILES string of the molecule is CC(C)(C)C(=O)O.CC(C)(C)C(=O)O.CC(C)(C)C(=O)O.[Tb]. The van der Waals surface area contributed by atoms with Gasteiger partial charge in [0.2, 0.25) is 0 Å². The third-order valence-electron chi connectivity index (χ3n) is 1.92. The van der Waals surface area contributed by atoms with E-state index in [1.165, 1.54) is 0 Å². The molecule has 135 valence electrons. The number of carboxylic acids is 3. The Morgan fingerprint density at radius 1 is 0.500 bits per heavy atom. The second-order valence-electron chi connectivity index (χ2n) is 7.67. The van der Waals surface area contributed by atoms with Crippen LogP contribution < -0.4 is 0 Å². The molecule has 0 atom stereocenters. The van der Waals surface area contributed by atoms with E-state index in [0.717, 1.165) is 0 Å². The van der Waals surface area contributed by atoms with Crippen molar-refractivity contribution in [3.63, 3.8) is 0 Å². The number of rotatable bonds is 0. The molecule has 0 fully saturated rings. The Bertz CT molecular complexity index is 299. The van der Waals surface area contributed by atoms with Crippen LogP contribution in [-0.4, -0.2) is 33.2 Å². The first-order valence-electron chi connectivity index (χ1n) is 6.53. The predicted molar refractivity (Wildman–Crippen MR) is 81.3 cm³/mol. The molecule has 0 aromatic carbocycles. The second-order valence-corrected chi connectivity index (χ2v) is 7.67. The molecule has 1 radical (unpaired) electrons. The van der Waals surface area contributed by atoms with Gasteiger partial charge in [0.25, 0.3) is 0 Å². The fourth-order valence-corrected chi connectivity index (χ4v) is 0. The van der Waals surface area contributed by atoms with Crippen molar-refractivity contribution < 1.29 is 68.3 Å². The van der Waals surface area contributed by atoms with Crippen LogP contribution in [0.2, 0.25) is 0 Å². The molecular weight excluding hydrogens is 435 g/mol. The predicted octanol–water partition coefficient (Wildman–Crippen LogP) is 3.35. The van der Waals surface area contributed by atoms with E-state index in [9.17, 15) is 14.4 Å². The fourth-order valence-electron chi connectivity index (χ4n) is 0. The first-order valence-corrected chi connectivity index (χ1v) is 6.53. The molecule has 7 heteroatoms. The molecule has 0 aromatic rings.